The van der Waals surface area contributed by atoms with E-state index in [0.717, 1.165) is 0 Å². The van der Waals surface area contributed by atoms with Gasteiger partial charge in [0.1, 0.15) is 5.75 Å². The van der Waals surface area contributed by atoms with Gasteiger partial charge >= 0.3 is 0 Å². The summed E-state index contributed by atoms with van der Waals surface area (Å²) in [6.45, 7) is 4.12. The van der Waals surface area contributed by atoms with Gasteiger partial charge in [-0.25, -0.2) is 0 Å². The van der Waals surface area contributed by atoms with Crippen LogP contribution in [0.3, 0.4) is 0 Å². The van der Waals surface area contributed by atoms with Crippen molar-refractivity contribution in [2.75, 3.05) is 6.54 Å². The lowest BCUT2D eigenvalue weighted by molar-refractivity contribution is -0.141. The Balaban J connectivity index is 1.75. The number of nitrogens with zero attached hydrogens (tertiary/aromatic N) is 3. The van der Waals surface area contributed by atoms with Crippen LogP contribution < -0.4 is 4.74 Å². The van der Waals surface area contributed by atoms with Crippen LogP contribution in [-0.4, -0.2) is 39.4 Å². The van der Waals surface area contributed by atoms with E-state index in [0.29, 0.717) is 23.9 Å². The Kier molecular flexibility index (Phi) is 4.06. The van der Waals surface area contributed by atoms with Crippen molar-refractivity contribution in [1.29, 1.82) is 0 Å². The summed E-state index contributed by atoms with van der Waals surface area (Å²) in [4.78, 5) is 25.6. The van der Waals surface area contributed by atoms with Crippen molar-refractivity contribution >= 4 is 11.7 Å². The van der Waals surface area contributed by atoms with E-state index in [1.54, 1.807) is 17.0 Å². The molecule has 1 saturated heterocycles. The predicted octanol–water partition coefficient (Wildman–Crippen LogP) is 2.17. The summed E-state index contributed by atoms with van der Waals surface area (Å²) in [5, 5.41) is 8.05. The van der Waals surface area contributed by atoms with Crippen LogP contribution >= 0.6 is 0 Å². The van der Waals surface area contributed by atoms with Crippen molar-refractivity contribution < 1.29 is 14.3 Å². The van der Waals surface area contributed by atoms with Crippen LogP contribution in [0.2, 0.25) is 0 Å². The molecule has 1 aliphatic rings. The second-order valence-electron chi connectivity index (χ2n) is 5.68. The number of amides is 1. The first-order valence-electron chi connectivity index (χ1n) is 7.47. The van der Waals surface area contributed by atoms with E-state index in [1.165, 1.54) is 0 Å². The number of Topliss-reactive ketones (excluding diaryl/α,β-unsaturated/α-hetero) is 1. The van der Waals surface area contributed by atoms with Crippen molar-refractivity contribution in [3.8, 4) is 11.6 Å². The Morgan fingerprint density at radius 1 is 1.09 bits per heavy atom. The summed E-state index contributed by atoms with van der Waals surface area (Å²) in [6, 6.07) is 12.6. The predicted molar refractivity (Wildman–Crippen MR) is 83.1 cm³/mol. The first-order valence-corrected chi connectivity index (χ1v) is 7.47. The molecule has 1 unspecified atom stereocenters. The zero-order valence-corrected chi connectivity index (χ0v) is 13.0. The van der Waals surface area contributed by atoms with Gasteiger partial charge in [-0.15, -0.1) is 5.10 Å². The highest BCUT2D eigenvalue weighted by atomic mass is 16.5. The van der Waals surface area contributed by atoms with E-state index in [4.69, 9.17) is 4.74 Å². The number of rotatable bonds is 4. The topological polar surface area (TPSA) is 72.4 Å². The van der Waals surface area contributed by atoms with Gasteiger partial charge in [-0.3, -0.25) is 9.59 Å². The summed E-state index contributed by atoms with van der Waals surface area (Å²) in [5.41, 5.74) is 0.493. The highest BCUT2D eigenvalue weighted by molar-refractivity contribution is 6.40. The van der Waals surface area contributed by atoms with Crippen LogP contribution in [0, 0.1) is 0 Å². The highest BCUT2D eigenvalue weighted by Crippen LogP contribution is 2.26. The fraction of sp³-hybridized carbons (Fsp3) is 0.294. The number of aromatic nitrogens is 2. The molecule has 1 fully saturated rings. The highest BCUT2D eigenvalue weighted by Gasteiger charge is 2.41. The van der Waals surface area contributed by atoms with E-state index in [2.05, 4.69) is 10.2 Å². The number of para-hydroxylation sites is 1. The van der Waals surface area contributed by atoms with Gasteiger partial charge < -0.3 is 9.64 Å². The van der Waals surface area contributed by atoms with Gasteiger partial charge in [0.25, 0.3) is 5.91 Å². The van der Waals surface area contributed by atoms with Gasteiger partial charge in [0.15, 0.2) is 0 Å². The van der Waals surface area contributed by atoms with Crippen molar-refractivity contribution in [2.45, 2.75) is 25.8 Å². The molecule has 1 aromatic heterocycles. The van der Waals surface area contributed by atoms with Crippen LogP contribution in [0.1, 0.15) is 25.5 Å². The molecule has 2 heterocycles. The molecule has 0 aliphatic carbocycles. The Morgan fingerprint density at radius 2 is 1.83 bits per heavy atom. The molecule has 23 heavy (non-hydrogen) atoms. The molecule has 1 amide bonds. The molecule has 1 atom stereocenters. The lowest BCUT2D eigenvalue weighted by Gasteiger charge is -2.19. The molecule has 0 N–H and O–H groups in total. The first kappa shape index (κ1) is 15.1. The van der Waals surface area contributed by atoms with Crippen molar-refractivity contribution in [3.05, 3.63) is 48.2 Å². The van der Waals surface area contributed by atoms with Crippen LogP contribution in [0.4, 0.5) is 0 Å². The van der Waals surface area contributed by atoms with E-state index in [9.17, 15) is 9.59 Å². The number of hydrogen-bond acceptors (Lipinski definition) is 5. The first-order chi connectivity index (χ1) is 11.1. The van der Waals surface area contributed by atoms with E-state index < -0.39 is 17.6 Å². The lowest BCUT2D eigenvalue weighted by Crippen LogP contribution is -2.33. The van der Waals surface area contributed by atoms with Crippen molar-refractivity contribution in [2.24, 2.45) is 0 Å². The largest absolute Gasteiger partial charge is 0.438 e. The maximum Gasteiger partial charge on any atom is 0.291 e. The third-order valence-electron chi connectivity index (χ3n) is 3.77. The number of hydrogen-bond donors (Lipinski definition) is 0. The third-order valence-corrected chi connectivity index (χ3v) is 3.77. The van der Waals surface area contributed by atoms with Crippen LogP contribution in [0.25, 0.3) is 0 Å². The molecule has 6 nitrogen and oxygen atoms in total. The molecule has 1 aromatic carbocycles. The minimum atomic E-state index is -0.553. The van der Waals surface area contributed by atoms with Gasteiger partial charge in [-0.05, 0) is 32.0 Å². The quantitative estimate of drug-likeness (QED) is 0.809. The van der Waals surface area contributed by atoms with Crippen LogP contribution in [0.5, 0.6) is 11.6 Å². The fourth-order valence-electron chi connectivity index (χ4n) is 2.51. The molecular weight excluding hydrogens is 294 g/mol. The fourth-order valence-corrected chi connectivity index (χ4v) is 2.51. The van der Waals surface area contributed by atoms with E-state index in [1.807, 2.05) is 44.2 Å². The molecule has 0 radical (unpaired) electrons. The Morgan fingerprint density at radius 3 is 2.39 bits per heavy atom. The number of carbonyl (C=O) groups excluding carboxylic acids is 2. The number of carbonyl (C=O) groups is 2. The van der Waals surface area contributed by atoms with E-state index in [-0.39, 0.29) is 6.04 Å². The third kappa shape index (κ3) is 3.06. The number of likely N-dealkylation sites (tertiary alicyclic amines) is 1. The molecule has 1 aliphatic heterocycles. The second kappa shape index (κ2) is 6.16. The van der Waals surface area contributed by atoms with Crippen LogP contribution in [-0.2, 0) is 9.59 Å². The Hall–Kier alpha value is -2.76. The Bertz CT molecular complexity index is 714. The summed E-state index contributed by atoms with van der Waals surface area (Å²) in [5.74, 6) is -0.422. The maximum absolute atomic E-state index is 12.1. The van der Waals surface area contributed by atoms with Crippen molar-refractivity contribution in [1.82, 2.24) is 15.1 Å². The SMILES string of the molecule is CC(C)N1CC(c2ccc(Oc3ccccc3)nn2)C(=O)C1=O. The van der Waals surface area contributed by atoms with Crippen molar-refractivity contribution in [3.63, 3.8) is 0 Å². The molecule has 0 saturated carbocycles. The smallest absolute Gasteiger partial charge is 0.291 e. The maximum atomic E-state index is 12.1. The molecule has 6 heteroatoms. The average molecular weight is 311 g/mol. The second-order valence-corrected chi connectivity index (χ2v) is 5.68. The standard InChI is InChI=1S/C17H17N3O3/c1-11(2)20-10-13(16(21)17(20)22)14-8-9-15(19-18-14)23-12-6-4-3-5-7-12/h3-9,11,13H,10H2,1-2H3. The minimum Gasteiger partial charge on any atom is -0.438 e. The molecule has 3 rings (SSSR count). The zero-order chi connectivity index (χ0) is 16.4. The summed E-state index contributed by atoms with van der Waals surface area (Å²) in [6.07, 6.45) is 0. The Labute approximate surface area is 134 Å². The van der Waals surface area contributed by atoms with E-state index >= 15 is 0 Å². The number of ether oxygens (including phenoxy) is 1. The van der Waals surface area contributed by atoms with Gasteiger partial charge in [-0.1, -0.05) is 18.2 Å². The molecule has 0 spiro atoms. The molecule has 2 aromatic rings. The van der Waals surface area contributed by atoms with Gasteiger partial charge in [0.2, 0.25) is 11.7 Å². The van der Waals surface area contributed by atoms with Gasteiger partial charge in [0, 0.05) is 18.7 Å². The summed E-state index contributed by atoms with van der Waals surface area (Å²) >= 11 is 0. The normalized spacial score (nSPS) is 17.9. The monoisotopic (exact) mass is 311 g/mol. The lowest BCUT2D eigenvalue weighted by atomic mass is 10.0. The van der Waals surface area contributed by atoms with Gasteiger partial charge in [-0.2, -0.15) is 5.10 Å². The number of benzene rings is 1. The average Bonchev–Trinajstić information content (AvgIpc) is 2.85. The van der Waals surface area contributed by atoms with Crippen LogP contribution in [0.15, 0.2) is 42.5 Å². The zero-order valence-electron chi connectivity index (χ0n) is 13.0. The molecule has 0 bridgehead atoms. The minimum absolute atomic E-state index is 0.00917. The van der Waals surface area contributed by atoms with Gasteiger partial charge in [0.05, 0.1) is 11.6 Å². The molecular formula is C17H17N3O3. The number of ketones is 1. The molecule has 118 valence electrons. The summed E-state index contributed by atoms with van der Waals surface area (Å²) < 4.78 is 5.57. The summed E-state index contributed by atoms with van der Waals surface area (Å²) in [7, 11) is 0.